The van der Waals surface area contributed by atoms with E-state index in [0.29, 0.717) is 18.4 Å². The van der Waals surface area contributed by atoms with Crippen LogP contribution < -0.4 is 0 Å². The largest absolute Gasteiger partial charge is 0.295 e. The number of rotatable bonds is 0. The van der Waals surface area contributed by atoms with Crippen LogP contribution in [0.3, 0.4) is 0 Å². The summed E-state index contributed by atoms with van der Waals surface area (Å²) >= 11 is 0. The molecular formula is C7H8O2. The standard InChI is InChI=1S/C7H8O2/c1-5-4-6(8)2-3-7(5)9/h4H,2-3H2,1H3. The highest BCUT2D eigenvalue weighted by Gasteiger charge is 2.13. The first kappa shape index (κ1) is 6.20. The van der Waals surface area contributed by atoms with E-state index in [-0.39, 0.29) is 11.6 Å². The summed E-state index contributed by atoms with van der Waals surface area (Å²) in [5.74, 6) is 0.182. The molecule has 2 heteroatoms. The van der Waals surface area contributed by atoms with Gasteiger partial charge in [0.15, 0.2) is 11.6 Å². The lowest BCUT2D eigenvalue weighted by Crippen LogP contribution is -2.10. The van der Waals surface area contributed by atoms with Gasteiger partial charge in [-0.3, -0.25) is 9.59 Å². The molecule has 0 heterocycles. The van der Waals surface area contributed by atoms with E-state index < -0.39 is 0 Å². The monoisotopic (exact) mass is 124 g/mol. The lowest BCUT2D eigenvalue weighted by molar-refractivity contribution is -0.121. The first-order valence-corrected chi connectivity index (χ1v) is 2.94. The van der Waals surface area contributed by atoms with Crippen LogP contribution in [0.2, 0.25) is 0 Å². The number of carbonyl (C=O) groups excluding carboxylic acids is 2. The first-order valence-electron chi connectivity index (χ1n) is 2.94. The maximum Gasteiger partial charge on any atom is 0.159 e. The van der Waals surface area contributed by atoms with Crippen LogP contribution in [0.1, 0.15) is 19.8 Å². The molecule has 0 saturated carbocycles. The SMILES string of the molecule is CC1=CC(=O)CCC1=O. The number of hydrogen-bond donors (Lipinski definition) is 0. The van der Waals surface area contributed by atoms with Crippen LogP contribution >= 0.6 is 0 Å². The zero-order chi connectivity index (χ0) is 6.85. The van der Waals surface area contributed by atoms with Crippen LogP contribution in [0.4, 0.5) is 0 Å². The number of carbonyl (C=O) groups is 2. The highest BCUT2D eigenvalue weighted by atomic mass is 16.1. The van der Waals surface area contributed by atoms with Gasteiger partial charge in [0.1, 0.15) is 0 Å². The van der Waals surface area contributed by atoms with Crippen molar-refractivity contribution in [3.8, 4) is 0 Å². The Morgan fingerprint density at radius 3 is 2.44 bits per heavy atom. The molecule has 0 aromatic heterocycles. The van der Waals surface area contributed by atoms with Crippen molar-refractivity contribution < 1.29 is 9.59 Å². The Labute approximate surface area is 53.6 Å². The third kappa shape index (κ3) is 1.25. The van der Waals surface area contributed by atoms with Crippen molar-refractivity contribution in [2.45, 2.75) is 19.8 Å². The van der Waals surface area contributed by atoms with Gasteiger partial charge in [-0.1, -0.05) is 0 Å². The second-order valence-electron chi connectivity index (χ2n) is 2.22. The molecule has 0 N–H and O–H groups in total. The lowest BCUT2D eigenvalue weighted by Gasteiger charge is -2.04. The van der Waals surface area contributed by atoms with E-state index in [4.69, 9.17) is 0 Å². The summed E-state index contributed by atoms with van der Waals surface area (Å²) < 4.78 is 0. The van der Waals surface area contributed by atoms with Crippen LogP contribution in [-0.2, 0) is 9.59 Å². The average molecular weight is 124 g/mol. The van der Waals surface area contributed by atoms with Gasteiger partial charge in [0.2, 0.25) is 0 Å². The summed E-state index contributed by atoms with van der Waals surface area (Å²) in [5.41, 5.74) is 0.603. The molecule has 0 saturated heterocycles. The molecule has 0 radical (unpaired) electrons. The van der Waals surface area contributed by atoms with Gasteiger partial charge in [0, 0.05) is 12.8 Å². The van der Waals surface area contributed by atoms with Crippen LogP contribution in [0.25, 0.3) is 0 Å². The van der Waals surface area contributed by atoms with Gasteiger partial charge in [-0.05, 0) is 18.6 Å². The van der Waals surface area contributed by atoms with Crippen molar-refractivity contribution in [2.75, 3.05) is 0 Å². The number of Topliss-reactive ketones (excluding diaryl/α,β-unsaturated/α-hetero) is 1. The maximum absolute atomic E-state index is 10.7. The van der Waals surface area contributed by atoms with Gasteiger partial charge in [-0.15, -0.1) is 0 Å². The summed E-state index contributed by atoms with van der Waals surface area (Å²) in [4.78, 5) is 21.3. The smallest absolute Gasteiger partial charge is 0.159 e. The first-order chi connectivity index (χ1) is 4.20. The summed E-state index contributed by atoms with van der Waals surface area (Å²) in [5, 5.41) is 0. The predicted octanol–water partition coefficient (Wildman–Crippen LogP) is 0.865. The van der Waals surface area contributed by atoms with Crippen LogP contribution in [0.15, 0.2) is 11.6 Å². The number of ketones is 2. The molecule has 1 aliphatic carbocycles. The fourth-order valence-corrected chi connectivity index (χ4v) is 0.828. The Hall–Kier alpha value is -0.920. The van der Waals surface area contributed by atoms with Gasteiger partial charge in [-0.25, -0.2) is 0 Å². The molecule has 0 unspecified atom stereocenters. The molecule has 1 aliphatic rings. The van der Waals surface area contributed by atoms with Gasteiger partial charge in [-0.2, -0.15) is 0 Å². The third-order valence-corrected chi connectivity index (χ3v) is 1.42. The topological polar surface area (TPSA) is 34.1 Å². The van der Waals surface area contributed by atoms with Crippen molar-refractivity contribution >= 4 is 11.6 Å². The number of allylic oxidation sites excluding steroid dienone is 2. The van der Waals surface area contributed by atoms with Gasteiger partial charge < -0.3 is 0 Å². The van der Waals surface area contributed by atoms with E-state index in [0.717, 1.165) is 0 Å². The quantitative estimate of drug-likeness (QED) is 0.480. The van der Waals surface area contributed by atoms with E-state index in [9.17, 15) is 9.59 Å². The Bertz CT molecular complexity index is 189. The third-order valence-electron chi connectivity index (χ3n) is 1.42. The van der Waals surface area contributed by atoms with Crippen molar-refractivity contribution in [1.82, 2.24) is 0 Å². The summed E-state index contributed by atoms with van der Waals surface area (Å²) in [6.45, 7) is 1.68. The predicted molar refractivity (Wildman–Crippen MR) is 33.0 cm³/mol. The van der Waals surface area contributed by atoms with Crippen molar-refractivity contribution in [1.29, 1.82) is 0 Å². The molecule has 0 aliphatic heterocycles. The minimum absolute atomic E-state index is 0.0760. The fraction of sp³-hybridized carbons (Fsp3) is 0.429. The summed E-state index contributed by atoms with van der Waals surface area (Å²) in [6.07, 6.45) is 2.23. The van der Waals surface area contributed by atoms with Crippen molar-refractivity contribution in [3.05, 3.63) is 11.6 Å². The molecule has 0 fully saturated rings. The molecule has 2 nitrogen and oxygen atoms in total. The lowest BCUT2D eigenvalue weighted by atomic mass is 9.99. The van der Waals surface area contributed by atoms with Crippen molar-refractivity contribution in [3.63, 3.8) is 0 Å². The van der Waals surface area contributed by atoms with Crippen LogP contribution in [0, 0.1) is 0 Å². The highest BCUT2D eigenvalue weighted by Crippen LogP contribution is 2.09. The Morgan fingerprint density at radius 1 is 1.33 bits per heavy atom. The molecule has 0 amide bonds. The minimum atomic E-state index is 0.0760. The summed E-state index contributed by atoms with van der Waals surface area (Å²) in [7, 11) is 0. The second kappa shape index (κ2) is 2.13. The molecule has 0 spiro atoms. The van der Waals surface area contributed by atoms with E-state index in [1.165, 1.54) is 6.08 Å². The molecule has 1 rings (SSSR count). The zero-order valence-electron chi connectivity index (χ0n) is 5.31. The molecular weight excluding hydrogens is 116 g/mol. The average Bonchev–Trinajstić information content (AvgIpc) is 1.80. The fourth-order valence-electron chi connectivity index (χ4n) is 0.828. The molecule has 48 valence electrons. The Morgan fingerprint density at radius 2 is 2.00 bits per heavy atom. The van der Waals surface area contributed by atoms with Crippen LogP contribution in [0.5, 0.6) is 0 Å². The van der Waals surface area contributed by atoms with Gasteiger partial charge >= 0.3 is 0 Å². The van der Waals surface area contributed by atoms with Crippen molar-refractivity contribution in [2.24, 2.45) is 0 Å². The van der Waals surface area contributed by atoms with E-state index in [1.807, 2.05) is 0 Å². The zero-order valence-corrected chi connectivity index (χ0v) is 5.31. The summed E-state index contributed by atoms with van der Waals surface area (Å²) in [6, 6.07) is 0. The second-order valence-corrected chi connectivity index (χ2v) is 2.22. The normalized spacial score (nSPS) is 19.9. The molecule has 0 atom stereocenters. The Balaban J connectivity index is 2.84. The highest BCUT2D eigenvalue weighted by molar-refractivity contribution is 6.07. The van der Waals surface area contributed by atoms with E-state index >= 15 is 0 Å². The molecule has 0 aromatic carbocycles. The molecule has 0 bridgehead atoms. The molecule has 9 heavy (non-hydrogen) atoms. The van der Waals surface area contributed by atoms with E-state index in [2.05, 4.69) is 0 Å². The van der Waals surface area contributed by atoms with E-state index in [1.54, 1.807) is 6.92 Å². The molecule has 0 aromatic rings. The Kier molecular flexibility index (Phi) is 1.47. The van der Waals surface area contributed by atoms with Gasteiger partial charge in [0.05, 0.1) is 0 Å². The number of hydrogen-bond acceptors (Lipinski definition) is 2. The van der Waals surface area contributed by atoms with Gasteiger partial charge in [0.25, 0.3) is 0 Å². The van der Waals surface area contributed by atoms with Crippen LogP contribution in [-0.4, -0.2) is 11.6 Å². The minimum Gasteiger partial charge on any atom is -0.295 e. The maximum atomic E-state index is 10.7.